The minimum Gasteiger partial charge on any atom is -0.451 e. The van der Waals surface area contributed by atoms with Crippen molar-refractivity contribution in [3.05, 3.63) is 51.6 Å². The smallest absolute Gasteiger partial charge is 0.328 e. The Labute approximate surface area is 147 Å². The van der Waals surface area contributed by atoms with Crippen LogP contribution in [0.4, 0.5) is 15.8 Å². The SMILES string of the molecule is Cc1nn(CC(=O)O[C@H](C)C(=O)Nc2ccccc2F)c(C)c1[N+](=O)[O-]. The monoisotopic (exact) mass is 364 g/mol. The van der Waals surface area contributed by atoms with Crippen LogP contribution in [0, 0.1) is 29.8 Å². The molecule has 1 atom stereocenters. The van der Waals surface area contributed by atoms with Crippen LogP contribution < -0.4 is 5.32 Å². The standard InChI is InChI=1S/C16H17FN4O5/c1-9-15(21(24)25)10(2)20(19-9)8-14(22)26-11(3)16(23)18-13-7-5-4-6-12(13)17/h4-7,11H,8H2,1-3H3,(H,18,23)/t11-/m1/s1. The number of hydrogen-bond acceptors (Lipinski definition) is 6. The van der Waals surface area contributed by atoms with Crippen molar-refractivity contribution >= 4 is 23.3 Å². The van der Waals surface area contributed by atoms with Gasteiger partial charge in [-0.15, -0.1) is 0 Å². The van der Waals surface area contributed by atoms with Crippen LogP contribution in [0.2, 0.25) is 0 Å². The number of benzene rings is 1. The molecule has 0 saturated heterocycles. The lowest BCUT2D eigenvalue weighted by Gasteiger charge is -2.14. The van der Waals surface area contributed by atoms with Crippen molar-refractivity contribution in [2.24, 2.45) is 0 Å². The fourth-order valence-corrected chi connectivity index (χ4v) is 2.31. The number of carbonyl (C=O) groups excluding carboxylic acids is 2. The summed E-state index contributed by atoms with van der Waals surface area (Å²) in [5.41, 5.74) is 0.163. The Hall–Kier alpha value is -3.30. The minimum absolute atomic E-state index is 0.0328. The van der Waals surface area contributed by atoms with Gasteiger partial charge in [0.15, 0.2) is 6.10 Å². The van der Waals surface area contributed by atoms with Crippen molar-refractivity contribution in [2.45, 2.75) is 33.4 Å². The molecule has 2 rings (SSSR count). The number of amides is 1. The van der Waals surface area contributed by atoms with Gasteiger partial charge in [-0.25, -0.2) is 4.39 Å². The van der Waals surface area contributed by atoms with E-state index in [2.05, 4.69) is 10.4 Å². The van der Waals surface area contributed by atoms with Gasteiger partial charge in [-0.1, -0.05) is 12.1 Å². The van der Waals surface area contributed by atoms with Crippen LogP contribution in [-0.4, -0.2) is 32.7 Å². The number of esters is 1. The van der Waals surface area contributed by atoms with Gasteiger partial charge in [0.2, 0.25) is 0 Å². The number of ether oxygens (including phenoxy) is 1. The Balaban J connectivity index is 1.99. The number of rotatable bonds is 6. The minimum atomic E-state index is -1.19. The highest BCUT2D eigenvalue weighted by molar-refractivity contribution is 5.95. The molecule has 0 aliphatic carbocycles. The molecule has 0 aliphatic heterocycles. The van der Waals surface area contributed by atoms with Gasteiger partial charge in [0.05, 0.1) is 10.6 Å². The largest absolute Gasteiger partial charge is 0.451 e. The van der Waals surface area contributed by atoms with E-state index in [1.54, 1.807) is 6.07 Å². The molecule has 0 aliphatic rings. The Morgan fingerprint density at radius 1 is 1.38 bits per heavy atom. The molecule has 26 heavy (non-hydrogen) atoms. The first-order chi connectivity index (χ1) is 12.2. The number of anilines is 1. The van der Waals surface area contributed by atoms with E-state index >= 15 is 0 Å². The summed E-state index contributed by atoms with van der Waals surface area (Å²) < 4.78 is 19.6. The lowest BCUT2D eigenvalue weighted by molar-refractivity contribution is -0.386. The molecule has 0 unspecified atom stereocenters. The quantitative estimate of drug-likeness (QED) is 0.477. The summed E-state index contributed by atoms with van der Waals surface area (Å²) in [5.74, 6) is -2.13. The number of aryl methyl sites for hydroxylation is 1. The molecular weight excluding hydrogens is 347 g/mol. The van der Waals surface area contributed by atoms with E-state index < -0.39 is 35.3 Å². The van der Waals surface area contributed by atoms with Crippen molar-refractivity contribution in [1.82, 2.24) is 9.78 Å². The highest BCUT2D eigenvalue weighted by Crippen LogP contribution is 2.21. The van der Waals surface area contributed by atoms with Gasteiger partial charge < -0.3 is 10.1 Å². The Kier molecular flexibility index (Phi) is 5.65. The predicted octanol–water partition coefficient (Wildman–Crippen LogP) is 2.12. The number of carbonyl (C=O) groups is 2. The van der Waals surface area contributed by atoms with Crippen molar-refractivity contribution in [2.75, 3.05) is 5.32 Å². The Bertz CT molecular complexity index is 864. The molecule has 0 saturated carbocycles. The number of nitro groups is 1. The van der Waals surface area contributed by atoms with Crippen molar-refractivity contribution in [1.29, 1.82) is 0 Å². The molecule has 0 fully saturated rings. The maximum Gasteiger partial charge on any atom is 0.328 e. The summed E-state index contributed by atoms with van der Waals surface area (Å²) in [4.78, 5) is 34.4. The van der Waals surface area contributed by atoms with Crippen LogP contribution in [0.3, 0.4) is 0 Å². The molecule has 2 aromatic rings. The van der Waals surface area contributed by atoms with Crippen LogP contribution in [0.1, 0.15) is 18.3 Å². The van der Waals surface area contributed by atoms with Gasteiger partial charge in [-0.3, -0.25) is 24.4 Å². The van der Waals surface area contributed by atoms with Crippen LogP contribution in [-0.2, 0) is 20.9 Å². The van der Waals surface area contributed by atoms with Gasteiger partial charge in [-0.2, -0.15) is 5.10 Å². The Morgan fingerprint density at radius 3 is 2.62 bits per heavy atom. The number of nitrogens with zero attached hydrogens (tertiary/aromatic N) is 3. The molecule has 0 spiro atoms. The molecule has 1 aromatic carbocycles. The first kappa shape index (κ1) is 19.0. The second kappa shape index (κ2) is 7.72. The zero-order valence-corrected chi connectivity index (χ0v) is 14.4. The van der Waals surface area contributed by atoms with Gasteiger partial charge in [0, 0.05) is 0 Å². The van der Waals surface area contributed by atoms with Crippen LogP contribution >= 0.6 is 0 Å². The lowest BCUT2D eigenvalue weighted by Crippen LogP contribution is -2.31. The topological polar surface area (TPSA) is 116 Å². The molecule has 1 amide bonds. The van der Waals surface area contributed by atoms with Crippen LogP contribution in [0.25, 0.3) is 0 Å². The number of nitrogens with one attached hydrogen (secondary N) is 1. The maximum absolute atomic E-state index is 13.5. The maximum atomic E-state index is 13.5. The molecule has 9 nitrogen and oxygen atoms in total. The first-order valence-electron chi connectivity index (χ1n) is 7.64. The Morgan fingerprint density at radius 2 is 2.04 bits per heavy atom. The fraction of sp³-hybridized carbons (Fsp3) is 0.312. The van der Waals surface area contributed by atoms with Crippen molar-refractivity contribution in [3.8, 4) is 0 Å². The summed E-state index contributed by atoms with van der Waals surface area (Å²) >= 11 is 0. The number of para-hydroxylation sites is 1. The molecule has 1 aromatic heterocycles. The van der Waals surface area contributed by atoms with E-state index in [9.17, 15) is 24.1 Å². The summed E-state index contributed by atoms with van der Waals surface area (Å²) in [6, 6.07) is 5.58. The molecule has 0 radical (unpaired) electrons. The van der Waals surface area contributed by atoms with Gasteiger partial charge in [0.25, 0.3) is 5.91 Å². The van der Waals surface area contributed by atoms with E-state index in [0.29, 0.717) is 0 Å². The van der Waals surface area contributed by atoms with E-state index in [1.165, 1.54) is 39.0 Å². The molecular formula is C16H17FN4O5. The van der Waals surface area contributed by atoms with Crippen LogP contribution in [0.15, 0.2) is 24.3 Å². The van der Waals surface area contributed by atoms with Crippen molar-refractivity contribution < 1.29 is 23.6 Å². The highest BCUT2D eigenvalue weighted by atomic mass is 19.1. The van der Waals surface area contributed by atoms with E-state index in [0.717, 1.165) is 4.68 Å². The summed E-state index contributed by atoms with van der Waals surface area (Å²) in [6.45, 7) is 3.85. The molecule has 1 heterocycles. The van der Waals surface area contributed by atoms with Gasteiger partial charge >= 0.3 is 11.7 Å². The number of halogens is 1. The second-order valence-corrected chi connectivity index (χ2v) is 5.54. The first-order valence-corrected chi connectivity index (χ1v) is 7.64. The average Bonchev–Trinajstić information content (AvgIpc) is 2.83. The number of hydrogen-bond donors (Lipinski definition) is 1. The lowest BCUT2D eigenvalue weighted by atomic mass is 10.3. The van der Waals surface area contributed by atoms with E-state index in [4.69, 9.17) is 4.74 Å². The molecule has 10 heteroatoms. The third kappa shape index (κ3) is 4.21. The van der Waals surface area contributed by atoms with E-state index in [1.807, 2.05) is 0 Å². The fourth-order valence-electron chi connectivity index (χ4n) is 2.31. The molecule has 138 valence electrons. The van der Waals surface area contributed by atoms with Gasteiger partial charge in [0.1, 0.15) is 23.7 Å². The van der Waals surface area contributed by atoms with E-state index in [-0.39, 0.29) is 22.8 Å². The third-order valence-electron chi connectivity index (χ3n) is 3.61. The molecule has 0 bridgehead atoms. The number of aromatic nitrogens is 2. The zero-order chi connectivity index (χ0) is 19.4. The molecule has 1 N–H and O–H groups in total. The van der Waals surface area contributed by atoms with Crippen molar-refractivity contribution in [3.63, 3.8) is 0 Å². The summed E-state index contributed by atoms with van der Waals surface area (Å²) in [6.07, 6.45) is -1.19. The van der Waals surface area contributed by atoms with Gasteiger partial charge in [-0.05, 0) is 32.9 Å². The average molecular weight is 364 g/mol. The predicted molar refractivity (Wildman–Crippen MR) is 88.9 cm³/mol. The summed E-state index contributed by atoms with van der Waals surface area (Å²) in [5, 5.41) is 17.2. The normalized spacial score (nSPS) is 11.7. The van der Waals surface area contributed by atoms with Crippen LogP contribution in [0.5, 0.6) is 0 Å². The summed E-state index contributed by atoms with van der Waals surface area (Å²) in [7, 11) is 0. The second-order valence-electron chi connectivity index (χ2n) is 5.54. The zero-order valence-electron chi connectivity index (χ0n) is 14.4. The highest BCUT2D eigenvalue weighted by Gasteiger charge is 2.24. The third-order valence-corrected chi connectivity index (χ3v) is 3.61.